The Morgan fingerprint density at radius 3 is 2.75 bits per heavy atom. The third-order valence-electron chi connectivity index (χ3n) is 2.22. The van der Waals surface area contributed by atoms with Crippen molar-refractivity contribution in [1.82, 2.24) is 10.6 Å². The lowest BCUT2D eigenvalue weighted by molar-refractivity contribution is -0.122. The molecule has 0 aliphatic rings. The molecule has 0 radical (unpaired) electrons. The van der Waals surface area contributed by atoms with Crippen LogP contribution in [0.3, 0.4) is 0 Å². The number of ether oxygens (including phenoxy) is 1. The fraction of sp³-hybridized carbons (Fsp3) is 0.417. The Kier molecular flexibility index (Phi) is 6.51. The van der Waals surface area contributed by atoms with Gasteiger partial charge in [-0.1, -0.05) is 13.3 Å². The number of rotatable bonds is 7. The lowest BCUT2D eigenvalue weighted by Crippen LogP contribution is -2.41. The van der Waals surface area contributed by atoms with Gasteiger partial charge in [-0.3, -0.25) is 10.1 Å². The summed E-state index contributed by atoms with van der Waals surface area (Å²) in [5.74, 6) is -1.36. The van der Waals surface area contributed by atoms with Crippen molar-refractivity contribution in [1.29, 1.82) is 0 Å². The minimum absolute atomic E-state index is 0.123. The second-order valence-electron chi connectivity index (χ2n) is 3.90. The molecular formula is C12H16N2O5S. The Labute approximate surface area is 119 Å². The molecule has 3 amide bonds. The van der Waals surface area contributed by atoms with Gasteiger partial charge in [0.15, 0.2) is 6.61 Å². The van der Waals surface area contributed by atoms with Crippen LogP contribution in [0.25, 0.3) is 0 Å². The van der Waals surface area contributed by atoms with Crippen LogP contribution in [0.4, 0.5) is 4.79 Å². The molecule has 0 fully saturated rings. The molecule has 7 nitrogen and oxygen atoms in total. The molecule has 20 heavy (non-hydrogen) atoms. The van der Waals surface area contributed by atoms with Crippen molar-refractivity contribution in [3.05, 3.63) is 16.3 Å². The van der Waals surface area contributed by atoms with E-state index in [1.54, 1.807) is 0 Å². The monoisotopic (exact) mass is 300 g/mol. The fourth-order valence-corrected chi connectivity index (χ4v) is 1.91. The number of carboxylic acids is 1. The number of carboxylic acid groups (broad SMARTS) is 1. The smallest absolute Gasteiger partial charge is 0.346 e. The summed E-state index contributed by atoms with van der Waals surface area (Å²) < 4.78 is 5.08. The van der Waals surface area contributed by atoms with Gasteiger partial charge < -0.3 is 15.2 Å². The van der Waals surface area contributed by atoms with Crippen molar-refractivity contribution < 1.29 is 24.2 Å². The van der Waals surface area contributed by atoms with Gasteiger partial charge in [0, 0.05) is 18.0 Å². The van der Waals surface area contributed by atoms with Crippen LogP contribution in [-0.4, -0.2) is 36.2 Å². The maximum absolute atomic E-state index is 11.4. The Morgan fingerprint density at radius 1 is 1.40 bits per heavy atom. The van der Waals surface area contributed by atoms with Gasteiger partial charge in [0.25, 0.3) is 5.91 Å². The molecule has 0 saturated carbocycles. The molecule has 0 spiro atoms. The van der Waals surface area contributed by atoms with E-state index in [1.165, 1.54) is 11.4 Å². The number of aromatic carboxylic acids is 1. The molecule has 0 unspecified atom stereocenters. The number of carbonyl (C=O) groups excluding carboxylic acids is 2. The first-order valence-corrected chi connectivity index (χ1v) is 6.93. The Bertz CT molecular complexity index is 486. The summed E-state index contributed by atoms with van der Waals surface area (Å²) in [5.41, 5.74) is 0. The molecule has 1 rings (SSSR count). The predicted molar refractivity (Wildman–Crippen MR) is 73.2 cm³/mol. The van der Waals surface area contributed by atoms with Crippen LogP contribution in [-0.2, 0) is 4.79 Å². The van der Waals surface area contributed by atoms with Crippen molar-refractivity contribution >= 4 is 29.2 Å². The van der Waals surface area contributed by atoms with Crippen molar-refractivity contribution in [3.8, 4) is 5.75 Å². The molecule has 1 aromatic heterocycles. The van der Waals surface area contributed by atoms with E-state index in [1.807, 2.05) is 6.92 Å². The summed E-state index contributed by atoms with van der Waals surface area (Å²) in [6.45, 7) is 2.14. The van der Waals surface area contributed by atoms with E-state index in [4.69, 9.17) is 9.84 Å². The van der Waals surface area contributed by atoms with Crippen LogP contribution in [0, 0.1) is 0 Å². The van der Waals surface area contributed by atoms with E-state index in [0.717, 1.165) is 24.2 Å². The number of nitrogens with one attached hydrogen (secondary N) is 2. The predicted octanol–water partition coefficient (Wildman–Crippen LogP) is 1.45. The minimum atomic E-state index is -1.05. The van der Waals surface area contributed by atoms with Crippen LogP contribution >= 0.6 is 11.3 Å². The number of imide groups is 1. The summed E-state index contributed by atoms with van der Waals surface area (Å²) in [6.07, 6.45) is 1.78. The van der Waals surface area contributed by atoms with Gasteiger partial charge in [-0.25, -0.2) is 9.59 Å². The van der Waals surface area contributed by atoms with E-state index in [9.17, 15) is 14.4 Å². The molecule has 8 heteroatoms. The standard InChI is InChI=1S/C12H16N2O5S/c1-2-3-4-13-12(18)14-10(15)6-19-8-5-9(11(16)17)20-7-8/h5,7H,2-4,6H2,1H3,(H,16,17)(H2,13,14,15,18). The number of thiophene rings is 1. The van der Waals surface area contributed by atoms with Gasteiger partial charge in [0.05, 0.1) is 0 Å². The van der Waals surface area contributed by atoms with Gasteiger partial charge in [0.2, 0.25) is 0 Å². The molecule has 0 saturated heterocycles. The van der Waals surface area contributed by atoms with Crippen LogP contribution in [0.1, 0.15) is 29.4 Å². The molecule has 3 N–H and O–H groups in total. The van der Waals surface area contributed by atoms with Crippen molar-refractivity contribution in [2.75, 3.05) is 13.2 Å². The van der Waals surface area contributed by atoms with Crippen LogP contribution in [0.2, 0.25) is 0 Å². The zero-order chi connectivity index (χ0) is 15.0. The van der Waals surface area contributed by atoms with E-state index in [0.29, 0.717) is 6.54 Å². The number of urea groups is 1. The summed E-state index contributed by atoms with van der Waals surface area (Å²) in [6, 6.07) is 0.755. The lowest BCUT2D eigenvalue weighted by atomic mass is 10.3. The molecule has 1 aromatic rings. The highest BCUT2D eigenvalue weighted by Crippen LogP contribution is 2.21. The van der Waals surface area contributed by atoms with Crippen LogP contribution in [0.5, 0.6) is 5.75 Å². The SMILES string of the molecule is CCCCNC(=O)NC(=O)COc1csc(C(=O)O)c1. The first-order valence-electron chi connectivity index (χ1n) is 6.05. The maximum atomic E-state index is 11.4. The van der Waals surface area contributed by atoms with E-state index < -0.39 is 17.9 Å². The zero-order valence-electron chi connectivity index (χ0n) is 11.0. The lowest BCUT2D eigenvalue weighted by Gasteiger charge is -2.06. The highest BCUT2D eigenvalue weighted by atomic mass is 32.1. The third-order valence-corrected chi connectivity index (χ3v) is 3.12. The maximum Gasteiger partial charge on any atom is 0.346 e. The van der Waals surface area contributed by atoms with Gasteiger partial charge in [-0.05, 0) is 6.42 Å². The van der Waals surface area contributed by atoms with E-state index in [-0.39, 0.29) is 17.2 Å². The summed E-state index contributed by atoms with van der Waals surface area (Å²) >= 11 is 1.00. The van der Waals surface area contributed by atoms with E-state index >= 15 is 0 Å². The number of hydrogen-bond acceptors (Lipinski definition) is 5. The van der Waals surface area contributed by atoms with Crippen LogP contribution < -0.4 is 15.4 Å². The Hall–Kier alpha value is -2.09. The van der Waals surface area contributed by atoms with Gasteiger partial charge >= 0.3 is 12.0 Å². The average molecular weight is 300 g/mol. The molecule has 0 atom stereocenters. The fourth-order valence-electron chi connectivity index (χ4n) is 1.24. The molecule has 110 valence electrons. The van der Waals surface area contributed by atoms with Crippen molar-refractivity contribution in [2.45, 2.75) is 19.8 Å². The first kappa shape index (κ1) is 16.0. The second-order valence-corrected chi connectivity index (χ2v) is 4.81. The largest absolute Gasteiger partial charge is 0.483 e. The van der Waals surface area contributed by atoms with Crippen LogP contribution in [0.15, 0.2) is 11.4 Å². The molecular weight excluding hydrogens is 284 g/mol. The number of amides is 3. The van der Waals surface area contributed by atoms with E-state index in [2.05, 4.69) is 10.6 Å². The highest BCUT2D eigenvalue weighted by Gasteiger charge is 2.10. The highest BCUT2D eigenvalue weighted by molar-refractivity contribution is 7.12. The summed E-state index contributed by atoms with van der Waals surface area (Å²) in [7, 11) is 0. The molecule has 1 heterocycles. The zero-order valence-corrected chi connectivity index (χ0v) is 11.8. The van der Waals surface area contributed by atoms with Gasteiger partial charge in [0.1, 0.15) is 10.6 Å². The molecule has 0 aliphatic heterocycles. The molecule has 0 aliphatic carbocycles. The minimum Gasteiger partial charge on any atom is -0.483 e. The third kappa shape index (κ3) is 5.70. The number of carbonyl (C=O) groups is 3. The van der Waals surface area contributed by atoms with Gasteiger partial charge in [-0.2, -0.15) is 0 Å². The van der Waals surface area contributed by atoms with Crippen molar-refractivity contribution in [3.63, 3.8) is 0 Å². The topological polar surface area (TPSA) is 105 Å². The number of hydrogen-bond donors (Lipinski definition) is 3. The second kappa shape index (κ2) is 8.16. The Balaban J connectivity index is 2.28. The first-order chi connectivity index (χ1) is 9.52. The molecule has 0 aromatic carbocycles. The quantitative estimate of drug-likeness (QED) is 0.661. The summed E-state index contributed by atoms with van der Waals surface area (Å²) in [5, 5.41) is 14.8. The number of unbranched alkanes of at least 4 members (excludes halogenated alkanes) is 1. The Morgan fingerprint density at radius 2 is 2.15 bits per heavy atom. The summed E-state index contributed by atoms with van der Waals surface area (Å²) in [4.78, 5) is 33.4. The average Bonchev–Trinajstić information content (AvgIpc) is 2.85. The van der Waals surface area contributed by atoms with Gasteiger partial charge in [-0.15, -0.1) is 11.3 Å². The molecule has 0 bridgehead atoms. The van der Waals surface area contributed by atoms with Crippen molar-refractivity contribution in [2.24, 2.45) is 0 Å². The normalized spacial score (nSPS) is 9.85.